The Morgan fingerprint density at radius 3 is 1.51 bits per heavy atom. The standard InChI is InChI=1S/C49H31N3O/c1-4-12-32(13-5-1)33-20-24-36(25-21-33)43-31-42(35-14-6-2-7-15-35)51-49(52-43)38-26-22-34(23-27-38)39-28-29-40-44(30-39)50-47(37-16-8-3-9-17-37)46-41-18-10-11-19-45(41)53-48(40)46/h1-31H. The van der Waals surface area contributed by atoms with E-state index in [1.165, 1.54) is 11.1 Å². The van der Waals surface area contributed by atoms with Gasteiger partial charge < -0.3 is 4.42 Å². The Bertz CT molecular complexity index is 2900. The summed E-state index contributed by atoms with van der Waals surface area (Å²) in [5.74, 6) is 0.681. The van der Waals surface area contributed by atoms with E-state index in [9.17, 15) is 0 Å². The average molecular weight is 678 g/mol. The van der Waals surface area contributed by atoms with E-state index in [1.807, 2.05) is 42.5 Å². The first kappa shape index (κ1) is 30.6. The van der Waals surface area contributed by atoms with Crippen molar-refractivity contribution in [3.63, 3.8) is 0 Å². The minimum atomic E-state index is 0.681. The number of furan rings is 1. The molecular weight excluding hydrogens is 647 g/mol. The minimum Gasteiger partial charge on any atom is -0.455 e. The molecule has 7 aromatic carbocycles. The predicted octanol–water partition coefficient (Wildman–Crippen LogP) is 12.9. The fourth-order valence-electron chi connectivity index (χ4n) is 7.20. The zero-order valence-corrected chi connectivity index (χ0v) is 28.6. The van der Waals surface area contributed by atoms with Gasteiger partial charge >= 0.3 is 0 Å². The van der Waals surface area contributed by atoms with Crippen molar-refractivity contribution in [3.05, 3.63) is 188 Å². The third-order valence-corrected chi connectivity index (χ3v) is 9.91. The molecule has 53 heavy (non-hydrogen) atoms. The molecule has 10 aromatic rings. The molecule has 0 spiro atoms. The van der Waals surface area contributed by atoms with Gasteiger partial charge in [0, 0.05) is 33.0 Å². The Balaban J connectivity index is 1.04. The molecule has 3 heterocycles. The van der Waals surface area contributed by atoms with E-state index < -0.39 is 0 Å². The molecule has 0 saturated heterocycles. The largest absolute Gasteiger partial charge is 0.455 e. The number of para-hydroxylation sites is 1. The van der Waals surface area contributed by atoms with E-state index in [0.717, 1.165) is 83.3 Å². The maximum atomic E-state index is 6.49. The van der Waals surface area contributed by atoms with Gasteiger partial charge in [0.25, 0.3) is 0 Å². The Hall–Kier alpha value is -7.17. The van der Waals surface area contributed by atoms with Crippen LogP contribution in [0.4, 0.5) is 0 Å². The Labute approximate surface area is 306 Å². The van der Waals surface area contributed by atoms with Crippen LogP contribution < -0.4 is 0 Å². The molecule has 0 unspecified atom stereocenters. The van der Waals surface area contributed by atoms with Gasteiger partial charge in [-0.2, -0.15) is 0 Å². The molecule has 0 aliphatic heterocycles. The maximum Gasteiger partial charge on any atom is 0.160 e. The lowest BCUT2D eigenvalue weighted by Gasteiger charge is -2.11. The molecule has 0 aliphatic carbocycles. The highest BCUT2D eigenvalue weighted by atomic mass is 16.3. The van der Waals surface area contributed by atoms with Gasteiger partial charge in [0.1, 0.15) is 11.2 Å². The quantitative estimate of drug-likeness (QED) is 0.176. The zero-order chi connectivity index (χ0) is 35.1. The van der Waals surface area contributed by atoms with Gasteiger partial charge in [-0.25, -0.2) is 15.0 Å². The Morgan fingerprint density at radius 1 is 0.340 bits per heavy atom. The van der Waals surface area contributed by atoms with Crippen LogP contribution in [0.25, 0.3) is 100 Å². The summed E-state index contributed by atoms with van der Waals surface area (Å²) in [5, 5.41) is 3.11. The lowest BCUT2D eigenvalue weighted by Crippen LogP contribution is -1.96. The minimum absolute atomic E-state index is 0.681. The van der Waals surface area contributed by atoms with Crippen LogP contribution in [0.3, 0.4) is 0 Å². The van der Waals surface area contributed by atoms with Gasteiger partial charge in [0.15, 0.2) is 5.82 Å². The molecule has 248 valence electrons. The summed E-state index contributed by atoms with van der Waals surface area (Å²) in [5.41, 5.74) is 13.9. The molecule has 0 amide bonds. The molecule has 0 fully saturated rings. The summed E-state index contributed by atoms with van der Waals surface area (Å²) in [6, 6.07) is 64.9. The third-order valence-electron chi connectivity index (χ3n) is 9.91. The first-order valence-corrected chi connectivity index (χ1v) is 17.8. The van der Waals surface area contributed by atoms with Crippen LogP contribution in [-0.2, 0) is 0 Å². The number of nitrogens with zero attached hydrogens (tertiary/aromatic N) is 3. The Morgan fingerprint density at radius 2 is 0.830 bits per heavy atom. The number of benzene rings is 7. The number of aromatic nitrogens is 3. The summed E-state index contributed by atoms with van der Waals surface area (Å²) >= 11 is 0. The molecule has 0 bridgehead atoms. The maximum absolute atomic E-state index is 6.49. The van der Waals surface area contributed by atoms with Crippen LogP contribution in [0, 0.1) is 0 Å². The second kappa shape index (κ2) is 12.9. The topological polar surface area (TPSA) is 51.8 Å². The molecule has 0 atom stereocenters. The summed E-state index contributed by atoms with van der Waals surface area (Å²) in [6.45, 7) is 0. The number of fused-ring (bicyclic) bond motifs is 5. The van der Waals surface area contributed by atoms with Crippen molar-refractivity contribution < 1.29 is 4.42 Å². The molecule has 0 N–H and O–H groups in total. The van der Waals surface area contributed by atoms with E-state index in [1.54, 1.807) is 0 Å². The average Bonchev–Trinajstić information content (AvgIpc) is 3.64. The van der Waals surface area contributed by atoms with Gasteiger partial charge in [0.05, 0.1) is 28.0 Å². The molecular formula is C49H31N3O. The first-order chi connectivity index (χ1) is 26.2. The molecule has 4 heteroatoms. The first-order valence-electron chi connectivity index (χ1n) is 17.8. The van der Waals surface area contributed by atoms with Gasteiger partial charge in [0.2, 0.25) is 0 Å². The van der Waals surface area contributed by atoms with Crippen molar-refractivity contribution in [2.75, 3.05) is 0 Å². The predicted molar refractivity (Wildman–Crippen MR) is 217 cm³/mol. The summed E-state index contributed by atoms with van der Waals surface area (Å²) in [7, 11) is 0. The fraction of sp³-hybridized carbons (Fsp3) is 0. The van der Waals surface area contributed by atoms with E-state index >= 15 is 0 Å². The lowest BCUT2D eigenvalue weighted by atomic mass is 9.99. The normalized spacial score (nSPS) is 11.4. The van der Waals surface area contributed by atoms with Crippen LogP contribution in [0.2, 0.25) is 0 Å². The molecule has 10 rings (SSSR count). The van der Waals surface area contributed by atoms with E-state index in [-0.39, 0.29) is 0 Å². The second-order valence-electron chi connectivity index (χ2n) is 13.2. The van der Waals surface area contributed by atoms with Crippen molar-refractivity contribution in [2.45, 2.75) is 0 Å². The van der Waals surface area contributed by atoms with Gasteiger partial charge in [-0.3, -0.25) is 0 Å². The molecule has 0 radical (unpaired) electrons. The number of rotatable bonds is 6. The van der Waals surface area contributed by atoms with E-state index in [2.05, 4.69) is 146 Å². The fourth-order valence-corrected chi connectivity index (χ4v) is 7.20. The van der Waals surface area contributed by atoms with Gasteiger partial charge in [-0.1, -0.05) is 164 Å². The van der Waals surface area contributed by atoms with Crippen LogP contribution >= 0.6 is 0 Å². The van der Waals surface area contributed by atoms with Crippen LogP contribution in [0.5, 0.6) is 0 Å². The molecule has 4 nitrogen and oxygen atoms in total. The Kier molecular flexibility index (Phi) is 7.43. The van der Waals surface area contributed by atoms with Crippen molar-refractivity contribution in [3.8, 4) is 67.4 Å². The van der Waals surface area contributed by atoms with Crippen LogP contribution in [0.15, 0.2) is 192 Å². The van der Waals surface area contributed by atoms with Gasteiger partial charge in [-0.15, -0.1) is 0 Å². The van der Waals surface area contributed by atoms with Crippen molar-refractivity contribution in [1.82, 2.24) is 15.0 Å². The summed E-state index contributed by atoms with van der Waals surface area (Å²) in [6.07, 6.45) is 0. The molecule has 0 aliphatic rings. The molecule has 0 saturated carbocycles. The van der Waals surface area contributed by atoms with Crippen LogP contribution in [0.1, 0.15) is 0 Å². The van der Waals surface area contributed by atoms with Gasteiger partial charge in [-0.05, 0) is 46.5 Å². The zero-order valence-electron chi connectivity index (χ0n) is 28.6. The number of pyridine rings is 1. The SMILES string of the molecule is c1ccc(-c2ccc(-c3cc(-c4ccccc4)nc(-c4ccc(-c5ccc6c(c5)nc(-c5ccccc5)c5c7ccccc7oc65)cc4)n3)cc2)cc1. The van der Waals surface area contributed by atoms with Crippen LogP contribution in [-0.4, -0.2) is 15.0 Å². The monoisotopic (exact) mass is 677 g/mol. The van der Waals surface area contributed by atoms with Crippen molar-refractivity contribution in [2.24, 2.45) is 0 Å². The lowest BCUT2D eigenvalue weighted by molar-refractivity contribution is 0.672. The highest BCUT2D eigenvalue weighted by Gasteiger charge is 2.18. The van der Waals surface area contributed by atoms with Crippen molar-refractivity contribution >= 4 is 32.8 Å². The number of hydrogen-bond acceptors (Lipinski definition) is 4. The summed E-state index contributed by atoms with van der Waals surface area (Å²) < 4.78 is 6.49. The van der Waals surface area contributed by atoms with Crippen molar-refractivity contribution in [1.29, 1.82) is 0 Å². The van der Waals surface area contributed by atoms with E-state index in [0.29, 0.717) is 5.82 Å². The smallest absolute Gasteiger partial charge is 0.160 e. The third kappa shape index (κ3) is 5.63. The number of hydrogen-bond donors (Lipinski definition) is 0. The highest BCUT2D eigenvalue weighted by molar-refractivity contribution is 6.19. The summed E-state index contributed by atoms with van der Waals surface area (Å²) in [4.78, 5) is 15.4. The second-order valence-corrected chi connectivity index (χ2v) is 13.2. The highest BCUT2D eigenvalue weighted by Crippen LogP contribution is 2.40. The molecule has 3 aromatic heterocycles. The van der Waals surface area contributed by atoms with E-state index in [4.69, 9.17) is 19.4 Å².